The summed E-state index contributed by atoms with van der Waals surface area (Å²) in [6.45, 7) is 3.43. The van der Waals surface area contributed by atoms with Gasteiger partial charge >= 0.3 is 0 Å². The second-order valence-electron chi connectivity index (χ2n) is 5.63. The molecule has 2 aromatic rings. The third-order valence-corrected chi connectivity index (χ3v) is 4.17. The third-order valence-electron chi connectivity index (χ3n) is 4.17. The number of phenolic OH excluding ortho intramolecular Hbond substituents is 2. The van der Waals surface area contributed by atoms with Crippen molar-refractivity contribution < 1.29 is 10.2 Å². The van der Waals surface area contributed by atoms with E-state index in [9.17, 15) is 10.2 Å². The van der Waals surface area contributed by atoms with Gasteiger partial charge in [0.15, 0.2) is 0 Å². The van der Waals surface area contributed by atoms with Crippen LogP contribution in [0, 0.1) is 0 Å². The van der Waals surface area contributed by atoms with Crippen LogP contribution < -0.4 is 0 Å². The molecule has 0 unspecified atom stereocenters. The van der Waals surface area contributed by atoms with Crippen molar-refractivity contribution in [3.63, 3.8) is 0 Å². The van der Waals surface area contributed by atoms with Gasteiger partial charge in [-0.15, -0.1) is 0 Å². The van der Waals surface area contributed by atoms with Crippen molar-refractivity contribution >= 4 is 10.8 Å². The molecule has 0 radical (unpaired) electrons. The molecular formula is C17H21NO2. The number of nitrogens with zero attached hydrogens (tertiary/aromatic N) is 1. The van der Waals surface area contributed by atoms with E-state index < -0.39 is 0 Å². The van der Waals surface area contributed by atoms with E-state index in [1.54, 1.807) is 6.07 Å². The van der Waals surface area contributed by atoms with Gasteiger partial charge in [-0.25, -0.2) is 0 Å². The molecule has 0 amide bonds. The second-order valence-corrected chi connectivity index (χ2v) is 5.63. The van der Waals surface area contributed by atoms with Crippen LogP contribution in [0.4, 0.5) is 0 Å². The normalized spacial score (nSPS) is 16.6. The average Bonchev–Trinajstić information content (AvgIpc) is 2.45. The Morgan fingerprint density at radius 3 is 2.60 bits per heavy atom. The van der Waals surface area contributed by atoms with Gasteiger partial charge in [-0.3, -0.25) is 0 Å². The van der Waals surface area contributed by atoms with Crippen molar-refractivity contribution in [1.82, 2.24) is 4.90 Å². The van der Waals surface area contributed by atoms with Crippen LogP contribution in [-0.2, 0) is 6.42 Å². The quantitative estimate of drug-likeness (QED) is 0.900. The molecule has 3 nitrogen and oxygen atoms in total. The molecule has 1 aliphatic rings. The zero-order valence-corrected chi connectivity index (χ0v) is 11.7. The number of phenols is 2. The van der Waals surface area contributed by atoms with Crippen LogP contribution in [0.15, 0.2) is 30.3 Å². The molecule has 1 aliphatic heterocycles. The predicted molar refractivity (Wildman–Crippen MR) is 81.3 cm³/mol. The molecular weight excluding hydrogens is 250 g/mol. The smallest absolute Gasteiger partial charge is 0.127 e. The first kappa shape index (κ1) is 13.3. The Labute approximate surface area is 119 Å². The van der Waals surface area contributed by atoms with Crippen molar-refractivity contribution in [3.05, 3.63) is 35.9 Å². The number of aromatic hydroxyl groups is 2. The maximum Gasteiger partial charge on any atom is 0.127 e. The minimum Gasteiger partial charge on any atom is -0.508 e. The third kappa shape index (κ3) is 2.73. The molecule has 0 aromatic heterocycles. The first-order valence-corrected chi connectivity index (χ1v) is 7.40. The van der Waals surface area contributed by atoms with E-state index >= 15 is 0 Å². The van der Waals surface area contributed by atoms with E-state index in [1.165, 1.54) is 38.4 Å². The van der Waals surface area contributed by atoms with Crippen molar-refractivity contribution in [2.45, 2.75) is 25.7 Å². The van der Waals surface area contributed by atoms with Crippen LogP contribution in [0.25, 0.3) is 10.8 Å². The highest BCUT2D eigenvalue weighted by atomic mass is 16.3. The van der Waals surface area contributed by atoms with Gasteiger partial charge in [-0.05, 0) is 49.4 Å². The Hall–Kier alpha value is -1.74. The van der Waals surface area contributed by atoms with Gasteiger partial charge < -0.3 is 15.1 Å². The lowest BCUT2D eigenvalue weighted by Gasteiger charge is -2.26. The molecule has 0 aliphatic carbocycles. The Kier molecular flexibility index (Phi) is 3.79. The summed E-state index contributed by atoms with van der Waals surface area (Å²) in [6, 6.07) is 9.13. The summed E-state index contributed by atoms with van der Waals surface area (Å²) >= 11 is 0. The van der Waals surface area contributed by atoms with E-state index in [0.717, 1.165) is 29.3 Å². The summed E-state index contributed by atoms with van der Waals surface area (Å²) in [4.78, 5) is 2.50. The number of fused-ring (bicyclic) bond motifs is 1. The molecule has 3 heteroatoms. The summed E-state index contributed by atoms with van der Waals surface area (Å²) in [6.07, 6.45) is 4.89. The Bertz CT molecular complexity index is 603. The van der Waals surface area contributed by atoms with Crippen LogP contribution in [0.2, 0.25) is 0 Å². The topological polar surface area (TPSA) is 43.7 Å². The first-order valence-electron chi connectivity index (χ1n) is 7.40. The lowest BCUT2D eigenvalue weighted by Crippen LogP contribution is -2.31. The molecule has 1 saturated heterocycles. The van der Waals surface area contributed by atoms with Crippen LogP contribution in [0.3, 0.4) is 0 Å². The summed E-state index contributed by atoms with van der Waals surface area (Å²) in [5.74, 6) is 0.289. The van der Waals surface area contributed by atoms with E-state index in [-0.39, 0.29) is 11.5 Å². The Morgan fingerprint density at radius 2 is 1.80 bits per heavy atom. The Balaban J connectivity index is 1.83. The average molecular weight is 271 g/mol. The first-order chi connectivity index (χ1) is 9.74. The molecule has 1 heterocycles. The maximum atomic E-state index is 10.1. The van der Waals surface area contributed by atoms with Gasteiger partial charge in [-0.2, -0.15) is 0 Å². The van der Waals surface area contributed by atoms with E-state index in [1.807, 2.05) is 12.1 Å². The van der Waals surface area contributed by atoms with Crippen LogP contribution in [0.1, 0.15) is 24.8 Å². The zero-order valence-electron chi connectivity index (χ0n) is 11.7. The van der Waals surface area contributed by atoms with Gasteiger partial charge in [0.1, 0.15) is 11.5 Å². The number of hydrogen-bond acceptors (Lipinski definition) is 3. The largest absolute Gasteiger partial charge is 0.508 e. The van der Waals surface area contributed by atoms with Crippen molar-refractivity contribution in [3.8, 4) is 11.5 Å². The van der Waals surface area contributed by atoms with E-state index in [4.69, 9.17) is 0 Å². The predicted octanol–water partition coefficient (Wildman–Crippen LogP) is 3.28. The molecule has 0 saturated carbocycles. The molecule has 1 fully saturated rings. The summed E-state index contributed by atoms with van der Waals surface area (Å²) < 4.78 is 0. The molecule has 2 N–H and O–H groups in total. The zero-order chi connectivity index (χ0) is 13.9. The SMILES string of the molecule is Oc1cc(O)c2c(CCN3CCCCC3)cccc2c1. The van der Waals surface area contributed by atoms with Crippen LogP contribution >= 0.6 is 0 Å². The lowest BCUT2D eigenvalue weighted by molar-refractivity contribution is 0.231. The molecule has 2 aromatic carbocycles. The fourth-order valence-corrected chi connectivity index (χ4v) is 3.14. The van der Waals surface area contributed by atoms with Crippen molar-refractivity contribution in [2.75, 3.05) is 19.6 Å². The summed E-state index contributed by atoms with van der Waals surface area (Å²) in [7, 11) is 0. The van der Waals surface area contributed by atoms with Crippen LogP contribution in [0.5, 0.6) is 11.5 Å². The number of likely N-dealkylation sites (tertiary alicyclic amines) is 1. The minimum atomic E-state index is 0.114. The second kappa shape index (κ2) is 5.71. The highest BCUT2D eigenvalue weighted by Crippen LogP contribution is 2.32. The summed E-state index contributed by atoms with van der Waals surface area (Å²) in [5.41, 5.74) is 1.16. The van der Waals surface area contributed by atoms with E-state index in [2.05, 4.69) is 11.0 Å². The maximum absolute atomic E-state index is 10.1. The standard InChI is InChI=1S/C17H21NO2/c19-15-11-14-6-4-5-13(17(14)16(20)12-15)7-10-18-8-2-1-3-9-18/h4-6,11-12,19-20H,1-3,7-10H2. The monoisotopic (exact) mass is 271 g/mol. The highest BCUT2D eigenvalue weighted by Gasteiger charge is 2.12. The number of piperidine rings is 1. The van der Waals surface area contributed by atoms with Crippen molar-refractivity contribution in [2.24, 2.45) is 0 Å². The fraction of sp³-hybridized carbons (Fsp3) is 0.412. The van der Waals surface area contributed by atoms with Crippen molar-refractivity contribution in [1.29, 1.82) is 0 Å². The lowest BCUT2D eigenvalue weighted by atomic mass is 10.0. The van der Waals surface area contributed by atoms with Gasteiger partial charge in [0.2, 0.25) is 0 Å². The minimum absolute atomic E-state index is 0.114. The van der Waals surface area contributed by atoms with Crippen LogP contribution in [-0.4, -0.2) is 34.7 Å². The Morgan fingerprint density at radius 1 is 1.00 bits per heavy atom. The molecule has 20 heavy (non-hydrogen) atoms. The van der Waals surface area contributed by atoms with Gasteiger partial charge in [0.25, 0.3) is 0 Å². The van der Waals surface area contributed by atoms with Gasteiger partial charge in [-0.1, -0.05) is 24.6 Å². The van der Waals surface area contributed by atoms with Gasteiger partial charge in [0.05, 0.1) is 0 Å². The molecule has 0 bridgehead atoms. The van der Waals surface area contributed by atoms with E-state index in [0.29, 0.717) is 0 Å². The molecule has 3 rings (SSSR count). The van der Waals surface area contributed by atoms with Gasteiger partial charge in [0, 0.05) is 18.0 Å². The fourth-order valence-electron chi connectivity index (χ4n) is 3.14. The molecule has 0 atom stereocenters. The summed E-state index contributed by atoms with van der Waals surface area (Å²) in [5, 5.41) is 21.4. The number of rotatable bonds is 3. The highest BCUT2D eigenvalue weighted by molar-refractivity contribution is 5.92. The number of hydrogen-bond donors (Lipinski definition) is 2. The number of benzene rings is 2. The molecule has 106 valence electrons. The molecule has 0 spiro atoms.